The summed E-state index contributed by atoms with van der Waals surface area (Å²) >= 11 is 0. The summed E-state index contributed by atoms with van der Waals surface area (Å²) in [5.41, 5.74) is 7.02. The van der Waals surface area contributed by atoms with Crippen LogP contribution < -0.4 is 10.5 Å². The normalized spacial score (nSPS) is 18.2. The minimum Gasteiger partial charge on any atom is -0.493 e. The lowest BCUT2D eigenvalue weighted by molar-refractivity contribution is 0.139. The van der Waals surface area contributed by atoms with E-state index < -0.39 is 0 Å². The van der Waals surface area contributed by atoms with Crippen LogP contribution in [0.3, 0.4) is 0 Å². The second kappa shape index (κ2) is 7.48. The molecule has 2 N–H and O–H groups in total. The first-order chi connectivity index (χ1) is 9.35. The number of nitrogens with two attached hydrogens (primary N) is 1. The smallest absolute Gasteiger partial charge is 0.122 e. The Balaban J connectivity index is 2.01. The van der Waals surface area contributed by atoms with Gasteiger partial charge in [-0.3, -0.25) is 4.90 Å². The Morgan fingerprint density at radius 3 is 3.00 bits per heavy atom. The van der Waals surface area contributed by atoms with Crippen molar-refractivity contribution in [1.29, 1.82) is 0 Å². The molecule has 106 valence electrons. The van der Waals surface area contributed by atoms with Crippen LogP contribution in [-0.2, 0) is 4.74 Å². The minimum absolute atomic E-state index is 0.536. The second-order valence-corrected chi connectivity index (χ2v) is 4.95. The summed E-state index contributed by atoms with van der Waals surface area (Å²) in [4.78, 5) is 2.39. The van der Waals surface area contributed by atoms with E-state index in [4.69, 9.17) is 15.2 Å². The highest BCUT2D eigenvalue weighted by atomic mass is 16.5. The molecule has 0 radical (unpaired) electrons. The van der Waals surface area contributed by atoms with Crippen molar-refractivity contribution < 1.29 is 9.47 Å². The SMILES string of the molecule is COCCN(CCN)CC1CCOc2ccccc21. The topological polar surface area (TPSA) is 47.7 Å². The number of methoxy groups -OCH3 is 1. The van der Waals surface area contributed by atoms with Crippen molar-refractivity contribution in [2.24, 2.45) is 5.73 Å². The zero-order valence-corrected chi connectivity index (χ0v) is 11.7. The van der Waals surface area contributed by atoms with Crippen LogP contribution in [0.1, 0.15) is 17.9 Å². The quantitative estimate of drug-likeness (QED) is 0.810. The number of hydrogen-bond donors (Lipinski definition) is 1. The number of benzene rings is 1. The Kier molecular flexibility index (Phi) is 5.63. The van der Waals surface area contributed by atoms with Gasteiger partial charge in [0.05, 0.1) is 13.2 Å². The van der Waals surface area contributed by atoms with E-state index in [0.717, 1.165) is 45.0 Å². The van der Waals surface area contributed by atoms with Gasteiger partial charge in [-0.15, -0.1) is 0 Å². The molecule has 1 unspecified atom stereocenters. The van der Waals surface area contributed by atoms with E-state index in [0.29, 0.717) is 12.5 Å². The van der Waals surface area contributed by atoms with Gasteiger partial charge in [0, 0.05) is 39.2 Å². The molecule has 1 aromatic rings. The molecule has 4 heteroatoms. The summed E-state index contributed by atoms with van der Waals surface area (Å²) in [5.74, 6) is 1.58. The number of fused-ring (bicyclic) bond motifs is 1. The van der Waals surface area contributed by atoms with Gasteiger partial charge >= 0.3 is 0 Å². The molecule has 4 nitrogen and oxygen atoms in total. The summed E-state index contributed by atoms with van der Waals surface area (Å²) in [6.45, 7) is 5.14. The van der Waals surface area contributed by atoms with Gasteiger partial charge in [0.15, 0.2) is 0 Å². The van der Waals surface area contributed by atoms with E-state index in [2.05, 4.69) is 23.1 Å². The maximum Gasteiger partial charge on any atom is 0.122 e. The number of para-hydroxylation sites is 1. The Bertz CT molecular complexity index is 384. The number of nitrogens with zero attached hydrogens (tertiary/aromatic N) is 1. The summed E-state index contributed by atoms with van der Waals surface area (Å²) in [6, 6.07) is 8.35. The monoisotopic (exact) mass is 264 g/mol. The zero-order valence-electron chi connectivity index (χ0n) is 11.7. The molecule has 1 aliphatic heterocycles. The highest BCUT2D eigenvalue weighted by Gasteiger charge is 2.22. The van der Waals surface area contributed by atoms with Crippen molar-refractivity contribution in [1.82, 2.24) is 4.90 Å². The molecule has 1 heterocycles. The van der Waals surface area contributed by atoms with E-state index in [1.54, 1.807) is 7.11 Å². The minimum atomic E-state index is 0.536. The molecule has 0 amide bonds. The maximum atomic E-state index is 5.71. The van der Waals surface area contributed by atoms with Crippen LogP contribution in [0, 0.1) is 0 Å². The van der Waals surface area contributed by atoms with Gasteiger partial charge in [0.1, 0.15) is 5.75 Å². The van der Waals surface area contributed by atoms with Gasteiger partial charge in [-0.05, 0) is 18.1 Å². The molecule has 0 spiro atoms. The lowest BCUT2D eigenvalue weighted by atomic mass is 9.92. The summed E-state index contributed by atoms with van der Waals surface area (Å²) < 4.78 is 10.9. The predicted molar refractivity (Wildman–Crippen MR) is 76.7 cm³/mol. The molecular formula is C15H24N2O2. The van der Waals surface area contributed by atoms with Gasteiger partial charge in [-0.25, -0.2) is 0 Å². The van der Waals surface area contributed by atoms with Crippen molar-refractivity contribution in [2.45, 2.75) is 12.3 Å². The molecule has 2 rings (SSSR count). The van der Waals surface area contributed by atoms with Crippen LogP contribution in [0.15, 0.2) is 24.3 Å². The van der Waals surface area contributed by atoms with E-state index in [1.165, 1.54) is 5.56 Å². The molecule has 19 heavy (non-hydrogen) atoms. The number of hydrogen-bond acceptors (Lipinski definition) is 4. The zero-order chi connectivity index (χ0) is 13.5. The molecule has 0 bridgehead atoms. The molecule has 0 saturated carbocycles. The summed E-state index contributed by atoms with van der Waals surface area (Å²) in [7, 11) is 1.74. The molecule has 1 aliphatic rings. The van der Waals surface area contributed by atoms with Crippen LogP contribution in [0.5, 0.6) is 5.75 Å². The van der Waals surface area contributed by atoms with Crippen LogP contribution >= 0.6 is 0 Å². The molecule has 0 aromatic heterocycles. The molecule has 1 aromatic carbocycles. The first-order valence-electron chi connectivity index (χ1n) is 6.98. The lowest BCUT2D eigenvalue weighted by Gasteiger charge is -2.31. The Morgan fingerprint density at radius 1 is 1.37 bits per heavy atom. The van der Waals surface area contributed by atoms with Crippen molar-refractivity contribution in [3.8, 4) is 5.75 Å². The van der Waals surface area contributed by atoms with Crippen molar-refractivity contribution in [3.63, 3.8) is 0 Å². The molecule has 1 atom stereocenters. The Hall–Kier alpha value is -1.10. The molecule has 0 saturated heterocycles. The van der Waals surface area contributed by atoms with Crippen molar-refractivity contribution in [2.75, 3.05) is 46.5 Å². The average Bonchev–Trinajstić information content (AvgIpc) is 2.45. The fourth-order valence-corrected chi connectivity index (χ4v) is 2.61. The maximum absolute atomic E-state index is 5.71. The number of rotatable bonds is 7. The Labute approximate surface area is 115 Å². The average molecular weight is 264 g/mol. The van der Waals surface area contributed by atoms with Crippen LogP contribution in [-0.4, -0.2) is 51.4 Å². The van der Waals surface area contributed by atoms with Gasteiger partial charge in [0.2, 0.25) is 0 Å². The standard InChI is InChI=1S/C15H24N2O2/c1-18-11-9-17(8-7-16)12-13-6-10-19-15-5-3-2-4-14(13)15/h2-5,13H,6-12,16H2,1H3. The molecule has 0 aliphatic carbocycles. The van der Waals surface area contributed by atoms with Gasteiger partial charge in [0.25, 0.3) is 0 Å². The van der Waals surface area contributed by atoms with Crippen molar-refractivity contribution >= 4 is 0 Å². The largest absolute Gasteiger partial charge is 0.493 e. The van der Waals surface area contributed by atoms with E-state index in [9.17, 15) is 0 Å². The van der Waals surface area contributed by atoms with E-state index in [-0.39, 0.29) is 0 Å². The van der Waals surface area contributed by atoms with Gasteiger partial charge in [-0.2, -0.15) is 0 Å². The van der Waals surface area contributed by atoms with Gasteiger partial charge in [-0.1, -0.05) is 18.2 Å². The fraction of sp³-hybridized carbons (Fsp3) is 0.600. The van der Waals surface area contributed by atoms with E-state index in [1.807, 2.05) is 6.07 Å². The molecule has 0 fully saturated rings. The van der Waals surface area contributed by atoms with Gasteiger partial charge < -0.3 is 15.2 Å². The predicted octanol–water partition coefficient (Wildman–Crippen LogP) is 1.46. The summed E-state index contributed by atoms with van der Waals surface area (Å²) in [6.07, 6.45) is 1.07. The first-order valence-corrected chi connectivity index (χ1v) is 6.98. The fourth-order valence-electron chi connectivity index (χ4n) is 2.61. The van der Waals surface area contributed by atoms with Crippen LogP contribution in [0.25, 0.3) is 0 Å². The lowest BCUT2D eigenvalue weighted by Crippen LogP contribution is -2.36. The molecular weight excluding hydrogens is 240 g/mol. The first kappa shape index (κ1) is 14.3. The van der Waals surface area contributed by atoms with Crippen molar-refractivity contribution in [3.05, 3.63) is 29.8 Å². The third-order valence-corrected chi connectivity index (χ3v) is 3.62. The van der Waals surface area contributed by atoms with E-state index >= 15 is 0 Å². The van der Waals surface area contributed by atoms with Crippen LogP contribution in [0.2, 0.25) is 0 Å². The Morgan fingerprint density at radius 2 is 2.21 bits per heavy atom. The highest BCUT2D eigenvalue weighted by Crippen LogP contribution is 2.33. The highest BCUT2D eigenvalue weighted by molar-refractivity contribution is 5.37. The van der Waals surface area contributed by atoms with Crippen LogP contribution in [0.4, 0.5) is 0 Å². The summed E-state index contributed by atoms with van der Waals surface area (Å²) in [5, 5.41) is 0. The second-order valence-electron chi connectivity index (χ2n) is 4.95. The number of ether oxygens (including phenoxy) is 2. The third-order valence-electron chi connectivity index (χ3n) is 3.62. The third kappa shape index (κ3) is 3.93.